The summed E-state index contributed by atoms with van der Waals surface area (Å²) in [7, 11) is 0. The number of hydrogen-bond donors (Lipinski definition) is 1. The molecular formula is C17H15IN2O4. The Balaban J connectivity index is 1.79. The molecule has 24 heavy (non-hydrogen) atoms. The Morgan fingerprint density at radius 1 is 1.33 bits per heavy atom. The minimum Gasteiger partial charge on any atom is -0.390 e. The van der Waals surface area contributed by atoms with Crippen molar-refractivity contribution in [1.82, 2.24) is 0 Å². The molecule has 0 aromatic heterocycles. The first kappa shape index (κ1) is 16.0. The normalized spacial score (nSPS) is 40.1. The molecule has 0 spiro atoms. The van der Waals surface area contributed by atoms with Gasteiger partial charge in [-0.2, -0.15) is 5.26 Å². The summed E-state index contributed by atoms with van der Waals surface area (Å²) < 4.78 is 6.63. The molecule has 0 aliphatic carbocycles. The Bertz CT molecular complexity index is 834. The van der Waals surface area contributed by atoms with Crippen LogP contribution in [0.4, 0.5) is 5.69 Å². The van der Waals surface area contributed by atoms with Crippen LogP contribution < -0.4 is 4.90 Å². The van der Waals surface area contributed by atoms with Crippen LogP contribution in [0.25, 0.3) is 0 Å². The van der Waals surface area contributed by atoms with E-state index in [-0.39, 0.29) is 11.8 Å². The van der Waals surface area contributed by atoms with Crippen LogP contribution in [0.1, 0.15) is 25.8 Å². The highest BCUT2D eigenvalue weighted by atomic mass is 127. The monoisotopic (exact) mass is 438 g/mol. The zero-order chi connectivity index (χ0) is 17.4. The van der Waals surface area contributed by atoms with Crippen molar-refractivity contribution >= 4 is 40.1 Å². The standard InChI is InChI=1S/C17H15IN2O4/c1-16-6-11(21)17(2,24-16)13-12(16)14(22)20(15(13)23)9-4-3-8(7-19)10(18)5-9/h3-5,11-13,21H,6H2,1-2H3/t11-,12+,13+,16+,17-/m0/s1. The van der Waals surface area contributed by atoms with Gasteiger partial charge in [0.1, 0.15) is 11.7 Å². The van der Waals surface area contributed by atoms with Crippen molar-refractivity contribution in [1.29, 1.82) is 5.26 Å². The van der Waals surface area contributed by atoms with Gasteiger partial charge in [0.25, 0.3) is 0 Å². The number of anilines is 1. The third-order valence-electron chi connectivity index (χ3n) is 5.63. The summed E-state index contributed by atoms with van der Waals surface area (Å²) in [6.45, 7) is 3.51. The molecule has 0 radical (unpaired) electrons. The molecule has 3 aliphatic rings. The summed E-state index contributed by atoms with van der Waals surface area (Å²) in [5.74, 6) is -1.88. The lowest BCUT2D eigenvalue weighted by Crippen LogP contribution is -2.49. The van der Waals surface area contributed by atoms with Gasteiger partial charge in [-0.3, -0.25) is 9.59 Å². The second-order valence-electron chi connectivity index (χ2n) is 7.06. The largest absolute Gasteiger partial charge is 0.390 e. The lowest BCUT2D eigenvalue weighted by molar-refractivity contribution is -0.132. The molecule has 3 aliphatic heterocycles. The van der Waals surface area contributed by atoms with E-state index < -0.39 is 29.1 Å². The van der Waals surface area contributed by atoms with Crippen LogP contribution in [0.3, 0.4) is 0 Å². The molecule has 2 bridgehead atoms. The van der Waals surface area contributed by atoms with E-state index in [1.165, 1.54) is 4.90 Å². The summed E-state index contributed by atoms with van der Waals surface area (Å²) in [6, 6.07) is 6.95. The molecule has 1 aromatic rings. The highest BCUT2D eigenvalue weighted by molar-refractivity contribution is 14.1. The Hall–Kier alpha value is -1.50. The van der Waals surface area contributed by atoms with Crippen LogP contribution >= 0.6 is 22.6 Å². The highest BCUT2D eigenvalue weighted by Gasteiger charge is 2.75. The molecule has 5 atom stereocenters. The van der Waals surface area contributed by atoms with Gasteiger partial charge in [-0.15, -0.1) is 0 Å². The van der Waals surface area contributed by atoms with E-state index in [9.17, 15) is 14.7 Å². The fourth-order valence-corrected chi connectivity index (χ4v) is 5.13. The number of amides is 2. The predicted octanol–water partition coefficient (Wildman–Crippen LogP) is 1.58. The summed E-state index contributed by atoms with van der Waals surface area (Å²) in [5.41, 5.74) is -0.888. The van der Waals surface area contributed by atoms with E-state index in [1.54, 1.807) is 32.0 Å². The number of aliphatic hydroxyl groups excluding tert-OH is 1. The summed E-state index contributed by atoms with van der Waals surface area (Å²) in [5, 5.41) is 19.4. The molecule has 7 heteroatoms. The molecule has 2 amide bonds. The highest BCUT2D eigenvalue weighted by Crippen LogP contribution is 2.60. The maximum atomic E-state index is 13.0. The maximum absolute atomic E-state index is 13.0. The number of ether oxygens (including phenoxy) is 1. The van der Waals surface area contributed by atoms with E-state index in [0.29, 0.717) is 21.2 Å². The number of halogens is 1. The van der Waals surface area contributed by atoms with Crippen LogP contribution in [0.2, 0.25) is 0 Å². The molecule has 3 saturated heterocycles. The maximum Gasteiger partial charge on any atom is 0.240 e. The average molecular weight is 438 g/mol. The number of nitrogens with zero attached hydrogens (tertiary/aromatic N) is 2. The number of carbonyl (C=O) groups is 2. The molecule has 4 rings (SSSR count). The minimum absolute atomic E-state index is 0.288. The van der Waals surface area contributed by atoms with Gasteiger partial charge in [0, 0.05) is 9.99 Å². The van der Waals surface area contributed by atoms with Gasteiger partial charge in [0.15, 0.2) is 0 Å². The van der Waals surface area contributed by atoms with E-state index >= 15 is 0 Å². The van der Waals surface area contributed by atoms with E-state index in [4.69, 9.17) is 10.00 Å². The van der Waals surface area contributed by atoms with Gasteiger partial charge in [-0.1, -0.05) is 0 Å². The predicted molar refractivity (Wildman–Crippen MR) is 91.9 cm³/mol. The number of rotatable bonds is 1. The quantitative estimate of drug-likeness (QED) is 0.531. The van der Waals surface area contributed by atoms with Gasteiger partial charge < -0.3 is 9.84 Å². The van der Waals surface area contributed by atoms with Gasteiger partial charge in [0.05, 0.1) is 34.8 Å². The third kappa shape index (κ3) is 1.76. The topological polar surface area (TPSA) is 90.6 Å². The van der Waals surface area contributed by atoms with Crippen molar-refractivity contribution in [3.63, 3.8) is 0 Å². The Kier molecular flexibility index (Phi) is 3.18. The second kappa shape index (κ2) is 4.77. The molecule has 1 aromatic carbocycles. The van der Waals surface area contributed by atoms with Gasteiger partial charge in [-0.05, 0) is 54.6 Å². The van der Waals surface area contributed by atoms with Crippen molar-refractivity contribution < 1.29 is 19.4 Å². The van der Waals surface area contributed by atoms with E-state index in [1.807, 2.05) is 22.6 Å². The number of nitriles is 1. The van der Waals surface area contributed by atoms with Gasteiger partial charge >= 0.3 is 0 Å². The molecular weight excluding hydrogens is 423 g/mol. The van der Waals surface area contributed by atoms with Crippen LogP contribution in [-0.4, -0.2) is 34.2 Å². The van der Waals surface area contributed by atoms with Crippen molar-refractivity contribution in [3.8, 4) is 6.07 Å². The summed E-state index contributed by atoms with van der Waals surface area (Å²) in [4.78, 5) is 27.2. The molecule has 3 fully saturated rings. The van der Waals surface area contributed by atoms with Crippen molar-refractivity contribution in [3.05, 3.63) is 27.3 Å². The summed E-state index contributed by atoms with van der Waals surface area (Å²) >= 11 is 2.01. The smallest absolute Gasteiger partial charge is 0.240 e. The third-order valence-corrected chi connectivity index (χ3v) is 6.52. The first-order chi connectivity index (χ1) is 11.2. The number of imide groups is 1. The summed E-state index contributed by atoms with van der Waals surface area (Å²) in [6.07, 6.45) is -0.413. The lowest BCUT2D eigenvalue weighted by Gasteiger charge is -2.31. The molecule has 1 N–H and O–H groups in total. The molecule has 0 saturated carbocycles. The number of hydrogen-bond acceptors (Lipinski definition) is 5. The van der Waals surface area contributed by atoms with Crippen LogP contribution in [0.5, 0.6) is 0 Å². The first-order valence-electron chi connectivity index (χ1n) is 7.68. The van der Waals surface area contributed by atoms with Gasteiger partial charge in [-0.25, -0.2) is 4.90 Å². The van der Waals surface area contributed by atoms with Crippen LogP contribution in [0, 0.1) is 26.7 Å². The zero-order valence-corrected chi connectivity index (χ0v) is 15.3. The van der Waals surface area contributed by atoms with Crippen molar-refractivity contribution in [2.45, 2.75) is 37.6 Å². The zero-order valence-electron chi connectivity index (χ0n) is 13.1. The first-order valence-corrected chi connectivity index (χ1v) is 8.76. The Labute approximate surface area is 152 Å². The second-order valence-corrected chi connectivity index (χ2v) is 8.22. The Morgan fingerprint density at radius 3 is 2.62 bits per heavy atom. The average Bonchev–Trinajstić information content (AvgIpc) is 3.01. The van der Waals surface area contributed by atoms with Crippen molar-refractivity contribution in [2.75, 3.05) is 4.90 Å². The minimum atomic E-state index is -1.03. The van der Waals surface area contributed by atoms with E-state index in [2.05, 4.69) is 6.07 Å². The van der Waals surface area contributed by atoms with Crippen molar-refractivity contribution in [2.24, 2.45) is 11.8 Å². The van der Waals surface area contributed by atoms with Gasteiger partial charge in [0.2, 0.25) is 11.8 Å². The number of carbonyl (C=O) groups excluding carboxylic acids is 2. The molecule has 0 unspecified atom stereocenters. The van der Waals surface area contributed by atoms with E-state index in [0.717, 1.165) is 0 Å². The molecule has 3 heterocycles. The number of fused-ring (bicyclic) bond motifs is 5. The fourth-order valence-electron chi connectivity index (χ4n) is 4.51. The van der Waals surface area contributed by atoms with Crippen LogP contribution in [0.15, 0.2) is 18.2 Å². The number of aliphatic hydroxyl groups is 1. The number of benzene rings is 1. The van der Waals surface area contributed by atoms with Crippen LogP contribution in [-0.2, 0) is 14.3 Å². The molecule has 6 nitrogen and oxygen atoms in total. The SMILES string of the molecule is C[C@]12O[C@](C)(C[C@@H]1O)[C@H]1C(=O)N(c3ccc(C#N)c(I)c3)C(=O)[C@@H]12. The fraction of sp³-hybridized carbons (Fsp3) is 0.471. The lowest BCUT2D eigenvalue weighted by atomic mass is 9.67. The Morgan fingerprint density at radius 2 is 2.00 bits per heavy atom. The molecule has 124 valence electrons.